The van der Waals surface area contributed by atoms with Crippen LogP contribution in [0.15, 0.2) is 42.5 Å². The Morgan fingerprint density at radius 2 is 1.67 bits per heavy atom. The molecule has 0 spiro atoms. The zero-order valence-electron chi connectivity index (χ0n) is 17.2. The number of hydrogen-bond donors (Lipinski definition) is 2. The van der Waals surface area contributed by atoms with E-state index in [9.17, 15) is 19.2 Å². The Morgan fingerprint density at radius 3 is 2.27 bits per heavy atom. The maximum absolute atomic E-state index is 12.8. The van der Waals surface area contributed by atoms with Crippen molar-refractivity contribution >= 4 is 23.8 Å². The molecular formula is C22H23N3O5. The number of rotatable bonds is 5. The lowest BCUT2D eigenvalue weighted by Crippen LogP contribution is -2.49. The van der Waals surface area contributed by atoms with Gasteiger partial charge in [0.2, 0.25) is 0 Å². The second kappa shape index (κ2) is 7.98. The molecule has 156 valence electrons. The third kappa shape index (κ3) is 3.89. The van der Waals surface area contributed by atoms with E-state index in [1.54, 1.807) is 51.1 Å². The summed E-state index contributed by atoms with van der Waals surface area (Å²) in [6, 6.07) is 11.6. The molecule has 0 aliphatic carbocycles. The van der Waals surface area contributed by atoms with Crippen LogP contribution in [0.5, 0.6) is 0 Å². The number of urea groups is 1. The molecule has 8 nitrogen and oxygen atoms in total. The Balaban J connectivity index is 1.65. The molecule has 3 rings (SSSR count). The van der Waals surface area contributed by atoms with Crippen LogP contribution in [0.2, 0.25) is 0 Å². The predicted octanol–water partition coefficient (Wildman–Crippen LogP) is 2.27. The average Bonchev–Trinajstić information content (AvgIpc) is 2.90. The van der Waals surface area contributed by atoms with Gasteiger partial charge in [0, 0.05) is 0 Å². The van der Waals surface area contributed by atoms with Gasteiger partial charge >= 0.3 is 12.0 Å². The smallest absolute Gasteiger partial charge is 0.344 e. The highest BCUT2D eigenvalue weighted by molar-refractivity contribution is 6.08. The van der Waals surface area contributed by atoms with Crippen molar-refractivity contribution in [1.29, 1.82) is 0 Å². The molecule has 0 unspecified atom stereocenters. The minimum absolute atomic E-state index is 0.389. The maximum atomic E-state index is 12.8. The summed E-state index contributed by atoms with van der Waals surface area (Å²) in [4.78, 5) is 49.7. The molecule has 2 aromatic rings. The quantitative estimate of drug-likeness (QED) is 0.582. The molecule has 2 aromatic carbocycles. The van der Waals surface area contributed by atoms with E-state index < -0.39 is 36.0 Å². The van der Waals surface area contributed by atoms with Crippen LogP contribution >= 0.6 is 0 Å². The van der Waals surface area contributed by atoms with Gasteiger partial charge < -0.3 is 10.1 Å². The van der Waals surface area contributed by atoms with Crippen LogP contribution < -0.4 is 10.7 Å². The molecule has 1 saturated heterocycles. The van der Waals surface area contributed by atoms with Gasteiger partial charge in [-0.1, -0.05) is 48.0 Å². The summed E-state index contributed by atoms with van der Waals surface area (Å²) in [5.74, 6) is -2.08. The van der Waals surface area contributed by atoms with Crippen molar-refractivity contribution in [1.82, 2.24) is 15.8 Å². The second-order valence-corrected chi connectivity index (χ2v) is 7.45. The number of carbonyl (C=O) groups is 4. The number of carbonyl (C=O) groups excluding carboxylic acids is 4. The summed E-state index contributed by atoms with van der Waals surface area (Å²) < 4.78 is 5.09. The van der Waals surface area contributed by atoms with Crippen molar-refractivity contribution in [3.63, 3.8) is 0 Å². The molecule has 8 heteroatoms. The van der Waals surface area contributed by atoms with E-state index in [0.29, 0.717) is 16.1 Å². The molecule has 1 atom stereocenters. The van der Waals surface area contributed by atoms with Crippen LogP contribution in [0.1, 0.15) is 39.5 Å². The number of aryl methyl sites for hydroxylation is 3. The van der Waals surface area contributed by atoms with E-state index in [-0.39, 0.29) is 0 Å². The third-order valence-corrected chi connectivity index (χ3v) is 4.99. The number of hydrazine groups is 1. The Morgan fingerprint density at radius 1 is 1.07 bits per heavy atom. The van der Waals surface area contributed by atoms with E-state index in [4.69, 9.17) is 4.74 Å². The average molecular weight is 409 g/mol. The number of nitrogens with zero attached hydrogens (tertiary/aromatic N) is 1. The summed E-state index contributed by atoms with van der Waals surface area (Å²) in [5, 5.41) is 3.18. The van der Waals surface area contributed by atoms with E-state index in [1.165, 1.54) is 0 Å². The minimum atomic E-state index is -1.31. The zero-order valence-corrected chi connectivity index (χ0v) is 17.2. The van der Waals surface area contributed by atoms with Crippen LogP contribution in [0, 0.1) is 20.8 Å². The molecule has 0 bridgehead atoms. The van der Waals surface area contributed by atoms with Gasteiger partial charge in [0.1, 0.15) is 5.54 Å². The summed E-state index contributed by atoms with van der Waals surface area (Å²) in [6.07, 6.45) is 0. The van der Waals surface area contributed by atoms with E-state index in [1.807, 2.05) is 19.1 Å². The lowest BCUT2D eigenvalue weighted by molar-refractivity contribution is -0.140. The fourth-order valence-electron chi connectivity index (χ4n) is 3.57. The van der Waals surface area contributed by atoms with Gasteiger partial charge in [-0.25, -0.2) is 9.59 Å². The van der Waals surface area contributed by atoms with Crippen molar-refractivity contribution < 1.29 is 23.9 Å². The second-order valence-electron chi connectivity index (χ2n) is 7.45. The summed E-state index contributed by atoms with van der Waals surface area (Å²) >= 11 is 0. The van der Waals surface area contributed by atoms with Gasteiger partial charge in [0.05, 0.1) is 5.56 Å². The maximum Gasteiger partial charge on any atom is 0.344 e. The van der Waals surface area contributed by atoms with E-state index in [0.717, 1.165) is 16.7 Å². The largest absolute Gasteiger partial charge is 0.452 e. The molecule has 4 amide bonds. The Hall–Kier alpha value is -3.68. The highest BCUT2D eigenvalue weighted by atomic mass is 16.5. The van der Waals surface area contributed by atoms with Crippen molar-refractivity contribution in [2.45, 2.75) is 33.2 Å². The van der Waals surface area contributed by atoms with Crippen LogP contribution in [0.3, 0.4) is 0 Å². The van der Waals surface area contributed by atoms with Crippen LogP contribution in [0.4, 0.5) is 4.79 Å². The lowest BCUT2D eigenvalue weighted by atomic mass is 9.92. The molecular weight excluding hydrogens is 386 g/mol. The van der Waals surface area contributed by atoms with Crippen LogP contribution in [-0.4, -0.2) is 35.4 Å². The summed E-state index contributed by atoms with van der Waals surface area (Å²) in [6.45, 7) is 6.41. The number of hydrogen-bond acceptors (Lipinski definition) is 5. The van der Waals surface area contributed by atoms with Crippen molar-refractivity contribution in [3.05, 3.63) is 70.3 Å². The highest BCUT2D eigenvalue weighted by Gasteiger charge is 2.50. The van der Waals surface area contributed by atoms with E-state index >= 15 is 0 Å². The predicted molar refractivity (Wildman–Crippen MR) is 108 cm³/mol. The third-order valence-electron chi connectivity index (χ3n) is 4.99. The highest BCUT2D eigenvalue weighted by Crippen LogP contribution is 2.27. The molecule has 0 aromatic heterocycles. The molecule has 1 aliphatic rings. The number of amides is 4. The van der Waals surface area contributed by atoms with Crippen LogP contribution in [0.25, 0.3) is 0 Å². The first kappa shape index (κ1) is 21.0. The van der Waals surface area contributed by atoms with Crippen molar-refractivity contribution in [2.24, 2.45) is 0 Å². The van der Waals surface area contributed by atoms with Crippen molar-refractivity contribution in [3.8, 4) is 0 Å². The molecule has 2 N–H and O–H groups in total. The molecule has 1 fully saturated rings. The zero-order chi connectivity index (χ0) is 22.1. The van der Waals surface area contributed by atoms with Gasteiger partial charge in [-0.2, -0.15) is 5.01 Å². The molecule has 30 heavy (non-hydrogen) atoms. The minimum Gasteiger partial charge on any atom is -0.452 e. The van der Waals surface area contributed by atoms with Gasteiger partial charge in [0.25, 0.3) is 11.8 Å². The number of esters is 1. The first-order valence-electron chi connectivity index (χ1n) is 9.40. The number of nitrogens with one attached hydrogen (secondary N) is 2. The number of imide groups is 1. The number of ether oxygens (including phenoxy) is 1. The Bertz CT molecular complexity index is 1010. The van der Waals surface area contributed by atoms with Crippen LogP contribution in [-0.2, 0) is 19.9 Å². The normalized spacial score (nSPS) is 18.2. The summed E-state index contributed by atoms with van der Waals surface area (Å²) in [5.41, 5.74) is 4.36. The molecule has 1 aliphatic heterocycles. The van der Waals surface area contributed by atoms with Gasteiger partial charge in [0.15, 0.2) is 6.61 Å². The first-order chi connectivity index (χ1) is 14.1. The fourth-order valence-corrected chi connectivity index (χ4v) is 3.57. The standard InChI is InChI=1S/C22H23N3O5/c1-13-10-14(2)18(15(3)11-13)19(27)30-12-17(26)24-25-20(28)22(4,23-21(25)29)16-8-6-5-7-9-16/h5-11H,12H2,1-4H3,(H,23,29)(H,24,26)/t22-/m1/s1. The summed E-state index contributed by atoms with van der Waals surface area (Å²) in [7, 11) is 0. The molecule has 0 radical (unpaired) electrons. The lowest BCUT2D eigenvalue weighted by Gasteiger charge is -2.22. The van der Waals surface area contributed by atoms with E-state index in [2.05, 4.69) is 10.7 Å². The molecule has 1 heterocycles. The first-order valence-corrected chi connectivity index (χ1v) is 9.40. The van der Waals surface area contributed by atoms with Gasteiger partial charge in [-0.3, -0.25) is 15.0 Å². The van der Waals surface area contributed by atoms with Gasteiger partial charge in [-0.15, -0.1) is 0 Å². The van der Waals surface area contributed by atoms with Gasteiger partial charge in [-0.05, 0) is 44.4 Å². The van der Waals surface area contributed by atoms with Crippen molar-refractivity contribution in [2.75, 3.05) is 6.61 Å². The SMILES string of the molecule is Cc1cc(C)c(C(=O)OCC(=O)NN2C(=O)N[C@](C)(c3ccccc3)C2=O)c(C)c1. The Kier molecular flexibility index (Phi) is 5.60. The topological polar surface area (TPSA) is 105 Å². The molecule has 0 saturated carbocycles. The fraction of sp³-hybridized carbons (Fsp3) is 0.273. The monoisotopic (exact) mass is 409 g/mol. The number of benzene rings is 2. The Labute approximate surface area is 174 Å².